The van der Waals surface area contributed by atoms with Gasteiger partial charge in [0.15, 0.2) is 0 Å². The minimum atomic E-state index is -0.654. The SMILES string of the molecule is COCCCN1C(=O)C(=O)/C(=C(/O)c2cc(C(C)(C)C)ccc2C)C1c1ccc(C(C)(C)C)cc1. The number of aliphatic hydroxyl groups excluding tert-OH is 1. The summed E-state index contributed by atoms with van der Waals surface area (Å²) >= 11 is 0. The van der Waals surface area contributed by atoms with E-state index in [1.54, 1.807) is 12.0 Å². The second-order valence-electron chi connectivity index (χ2n) is 11.5. The molecule has 1 saturated heterocycles. The highest BCUT2D eigenvalue weighted by Crippen LogP contribution is 2.41. The van der Waals surface area contributed by atoms with Gasteiger partial charge in [0, 0.05) is 25.8 Å². The number of aryl methyl sites for hydroxylation is 1. The van der Waals surface area contributed by atoms with E-state index in [-0.39, 0.29) is 22.2 Å². The predicted molar refractivity (Wildman–Crippen MR) is 141 cm³/mol. The Bertz CT molecular complexity index is 1130. The molecule has 1 aliphatic rings. The van der Waals surface area contributed by atoms with E-state index in [1.165, 1.54) is 0 Å². The molecule has 1 atom stereocenters. The van der Waals surface area contributed by atoms with Gasteiger partial charge in [0.2, 0.25) is 0 Å². The van der Waals surface area contributed by atoms with Crippen LogP contribution in [-0.4, -0.2) is 42.0 Å². The van der Waals surface area contributed by atoms with Gasteiger partial charge in [-0.1, -0.05) is 77.9 Å². The normalized spacial score (nSPS) is 18.4. The zero-order chi connectivity index (χ0) is 26.1. The topological polar surface area (TPSA) is 66.8 Å². The first-order valence-electron chi connectivity index (χ1n) is 12.3. The Kier molecular flexibility index (Phi) is 7.61. The smallest absolute Gasteiger partial charge is 0.295 e. The minimum absolute atomic E-state index is 0.0245. The summed E-state index contributed by atoms with van der Waals surface area (Å²) < 4.78 is 5.18. The van der Waals surface area contributed by atoms with Crippen LogP contribution < -0.4 is 0 Å². The van der Waals surface area contributed by atoms with Crippen LogP contribution in [0, 0.1) is 6.92 Å². The fourth-order valence-corrected chi connectivity index (χ4v) is 4.49. The Morgan fingerprint density at radius 2 is 1.51 bits per heavy atom. The molecule has 3 rings (SSSR count). The number of Topliss-reactive ketones (excluding diaryl/α,β-unsaturated/α-hetero) is 1. The monoisotopic (exact) mass is 477 g/mol. The second-order valence-corrected chi connectivity index (χ2v) is 11.5. The molecule has 188 valence electrons. The molecule has 5 nitrogen and oxygen atoms in total. The molecule has 0 bridgehead atoms. The third-order valence-electron chi connectivity index (χ3n) is 6.74. The van der Waals surface area contributed by atoms with Crippen molar-refractivity contribution in [2.75, 3.05) is 20.3 Å². The molecule has 1 amide bonds. The zero-order valence-electron chi connectivity index (χ0n) is 22.4. The van der Waals surface area contributed by atoms with Crippen LogP contribution in [0.25, 0.3) is 5.76 Å². The van der Waals surface area contributed by atoms with Crippen molar-refractivity contribution < 1.29 is 19.4 Å². The Morgan fingerprint density at radius 1 is 0.943 bits per heavy atom. The highest BCUT2D eigenvalue weighted by atomic mass is 16.5. The minimum Gasteiger partial charge on any atom is -0.507 e. The van der Waals surface area contributed by atoms with E-state index < -0.39 is 17.7 Å². The number of ether oxygens (including phenoxy) is 1. The number of benzene rings is 2. The quantitative estimate of drug-likeness (QED) is 0.238. The number of likely N-dealkylation sites (tertiary alicyclic amines) is 1. The number of hydrogen-bond acceptors (Lipinski definition) is 4. The van der Waals surface area contributed by atoms with E-state index in [0.29, 0.717) is 25.1 Å². The standard InChI is InChI=1S/C30H39NO4/c1-19-10-13-22(30(5,6)7)18-23(19)26(32)24-25(20-11-14-21(15-12-20)29(2,3)4)31(16-9-17-35-8)28(34)27(24)33/h10-15,18,25,32H,9,16-17H2,1-8H3/b26-24+. The summed E-state index contributed by atoms with van der Waals surface area (Å²) in [6.07, 6.45) is 0.596. The summed E-state index contributed by atoms with van der Waals surface area (Å²) in [7, 11) is 1.61. The highest BCUT2D eigenvalue weighted by Gasteiger charge is 2.46. The maximum absolute atomic E-state index is 13.3. The van der Waals surface area contributed by atoms with Crippen LogP contribution in [-0.2, 0) is 25.2 Å². The molecule has 1 unspecified atom stereocenters. The van der Waals surface area contributed by atoms with Crippen LogP contribution in [0.3, 0.4) is 0 Å². The molecule has 1 aliphatic heterocycles. The molecule has 0 aromatic heterocycles. The van der Waals surface area contributed by atoms with Crippen molar-refractivity contribution in [2.24, 2.45) is 0 Å². The summed E-state index contributed by atoms with van der Waals surface area (Å²) in [6.45, 7) is 15.5. The molecule has 0 spiro atoms. The molecule has 1 N–H and O–H groups in total. The number of aliphatic hydroxyl groups is 1. The number of ketones is 1. The molecule has 0 saturated carbocycles. The Labute approximate surface area is 209 Å². The molecule has 5 heteroatoms. The van der Waals surface area contributed by atoms with Crippen molar-refractivity contribution in [3.8, 4) is 0 Å². The molecular formula is C30H39NO4. The molecular weight excluding hydrogens is 438 g/mol. The van der Waals surface area contributed by atoms with E-state index in [2.05, 4.69) is 41.5 Å². The maximum atomic E-state index is 13.3. The van der Waals surface area contributed by atoms with E-state index >= 15 is 0 Å². The van der Waals surface area contributed by atoms with Gasteiger partial charge in [-0.15, -0.1) is 0 Å². The van der Waals surface area contributed by atoms with Gasteiger partial charge < -0.3 is 14.7 Å². The van der Waals surface area contributed by atoms with Gasteiger partial charge in [0.1, 0.15) is 5.76 Å². The van der Waals surface area contributed by atoms with Gasteiger partial charge in [0.05, 0.1) is 11.6 Å². The first-order chi connectivity index (χ1) is 16.3. The van der Waals surface area contributed by atoms with Gasteiger partial charge in [0.25, 0.3) is 11.7 Å². The molecule has 2 aromatic rings. The third-order valence-corrected chi connectivity index (χ3v) is 6.74. The lowest BCUT2D eigenvalue weighted by Crippen LogP contribution is -2.31. The Balaban J connectivity index is 2.19. The number of rotatable bonds is 6. The molecule has 35 heavy (non-hydrogen) atoms. The first kappa shape index (κ1) is 26.7. The fraction of sp³-hybridized carbons (Fsp3) is 0.467. The largest absolute Gasteiger partial charge is 0.507 e. The molecule has 1 fully saturated rings. The van der Waals surface area contributed by atoms with Crippen molar-refractivity contribution in [1.29, 1.82) is 0 Å². The summed E-state index contributed by atoms with van der Waals surface area (Å²) in [4.78, 5) is 28.1. The molecule has 2 aromatic carbocycles. The number of amides is 1. The number of methoxy groups -OCH3 is 1. The van der Waals surface area contributed by atoms with Gasteiger partial charge >= 0.3 is 0 Å². The van der Waals surface area contributed by atoms with E-state index in [0.717, 1.165) is 22.3 Å². The van der Waals surface area contributed by atoms with Crippen LogP contribution >= 0.6 is 0 Å². The summed E-state index contributed by atoms with van der Waals surface area (Å²) in [5.74, 6) is -1.35. The highest BCUT2D eigenvalue weighted by molar-refractivity contribution is 6.46. The van der Waals surface area contributed by atoms with E-state index in [9.17, 15) is 14.7 Å². The second kappa shape index (κ2) is 9.98. The van der Waals surface area contributed by atoms with Crippen molar-refractivity contribution in [2.45, 2.75) is 71.8 Å². The Morgan fingerprint density at radius 3 is 2.06 bits per heavy atom. The molecule has 0 radical (unpaired) electrons. The number of nitrogens with zero attached hydrogens (tertiary/aromatic N) is 1. The molecule has 1 heterocycles. The first-order valence-corrected chi connectivity index (χ1v) is 12.3. The average molecular weight is 478 g/mol. The number of carbonyl (C=O) groups is 2. The van der Waals surface area contributed by atoms with Gasteiger partial charge in [-0.2, -0.15) is 0 Å². The average Bonchev–Trinajstić information content (AvgIpc) is 3.03. The van der Waals surface area contributed by atoms with Crippen LogP contribution in [0.4, 0.5) is 0 Å². The lowest BCUT2D eigenvalue weighted by Gasteiger charge is -2.27. The van der Waals surface area contributed by atoms with Gasteiger partial charge in [-0.25, -0.2) is 0 Å². The van der Waals surface area contributed by atoms with Crippen LogP contribution in [0.5, 0.6) is 0 Å². The third kappa shape index (κ3) is 5.51. The van der Waals surface area contributed by atoms with Crippen molar-refractivity contribution in [3.63, 3.8) is 0 Å². The number of carbonyl (C=O) groups excluding carboxylic acids is 2. The Hall–Kier alpha value is -2.92. The lowest BCUT2D eigenvalue weighted by molar-refractivity contribution is -0.140. The van der Waals surface area contributed by atoms with Crippen molar-refractivity contribution in [1.82, 2.24) is 4.90 Å². The zero-order valence-corrected chi connectivity index (χ0v) is 22.4. The van der Waals surface area contributed by atoms with Crippen LogP contribution in [0.2, 0.25) is 0 Å². The molecule has 0 aliphatic carbocycles. The fourth-order valence-electron chi connectivity index (χ4n) is 4.49. The summed E-state index contributed by atoms with van der Waals surface area (Å²) in [5.41, 5.74) is 4.44. The van der Waals surface area contributed by atoms with Crippen molar-refractivity contribution >= 4 is 17.4 Å². The summed E-state index contributed by atoms with van der Waals surface area (Å²) in [6, 6.07) is 13.3. The van der Waals surface area contributed by atoms with Crippen LogP contribution in [0.15, 0.2) is 48.0 Å². The lowest BCUT2D eigenvalue weighted by atomic mass is 9.84. The van der Waals surface area contributed by atoms with Gasteiger partial charge in [-0.3, -0.25) is 9.59 Å². The predicted octanol–water partition coefficient (Wildman–Crippen LogP) is 6.05. The maximum Gasteiger partial charge on any atom is 0.295 e. The number of hydrogen-bond donors (Lipinski definition) is 1. The van der Waals surface area contributed by atoms with Crippen LogP contribution in [0.1, 0.15) is 81.8 Å². The van der Waals surface area contributed by atoms with E-state index in [1.807, 2.05) is 49.4 Å². The van der Waals surface area contributed by atoms with Gasteiger partial charge in [-0.05, 0) is 52.5 Å². The van der Waals surface area contributed by atoms with Crippen molar-refractivity contribution in [3.05, 3.63) is 75.9 Å². The van der Waals surface area contributed by atoms with E-state index in [4.69, 9.17) is 4.74 Å². The summed E-state index contributed by atoms with van der Waals surface area (Å²) in [5, 5.41) is 11.5.